The third-order valence-electron chi connectivity index (χ3n) is 3.01. The fourth-order valence-electron chi connectivity index (χ4n) is 2.00. The number of benzene rings is 2. The largest absolute Gasteiger partial charge is 0.490 e. The van der Waals surface area contributed by atoms with Crippen molar-refractivity contribution in [3.63, 3.8) is 0 Å². The van der Waals surface area contributed by atoms with E-state index in [9.17, 15) is 9.18 Å². The maximum absolute atomic E-state index is 12.9. The standard InChI is InChI=1S/C17H16BrFN2O4/c1-2-24-15-8-11(9-20-23)7-14(18)17(15)25-10-16(22)21-13-5-3-12(19)4-6-13/h3-9,23H,2,10H2,1H3,(H,21,22)/b20-9+. The fraction of sp³-hybridized carbons (Fsp3) is 0.176. The molecule has 8 heteroatoms. The summed E-state index contributed by atoms with van der Waals surface area (Å²) in [5.74, 6) is -0.0273. The molecule has 0 saturated carbocycles. The van der Waals surface area contributed by atoms with Gasteiger partial charge < -0.3 is 20.0 Å². The van der Waals surface area contributed by atoms with Crippen LogP contribution in [0, 0.1) is 5.82 Å². The molecule has 0 aliphatic heterocycles. The number of nitrogens with zero attached hydrogens (tertiary/aromatic N) is 1. The molecule has 6 nitrogen and oxygen atoms in total. The van der Waals surface area contributed by atoms with E-state index in [-0.39, 0.29) is 12.4 Å². The van der Waals surface area contributed by atoms with Crippen LogP contribution in [-0.4, -0.2) is 30.5 Å². The molecule has 0 spiro atoms. The van der Waals surface area contributed by atoms with Crippen molar-refractivity contribution in [2.75, 3.05) is 18.5 Å². The van der Waals surface area contributed by atoms with Crippen LogP contribution in [0.2, 0.25) is 0 Å². The van der Waals surface area contributed by atoms with Crippen molar-refractivity contribution in [3.8, 4) is 11.5 Å². The number of halogens is 2. The summed E-state index contributed by atoms with van der Waals surface area (Å²) >= 11 is 3.34. The van der Waals surface area contributed by atoms with E-state index in [2.05, 4.69) is 26.4 Å². The van der Waals surface area contributed by atoms with E-state index in [1.165, 1.54) is 30.5 Å². The van der Waals surface area contributed by atoms with Crippen LogP contribution in [0.25, 0.3) is 0 Å². The summed E-state index contributed by atoms with van der Waals surface area (Å²) < 4.78 is 24.4. The zero-order valence-corrected chi connectivity index (χ0v) is 14.9. The first-order valence-corrected chi connectivity index (χ1v) is 8.14. The molecular formula is C17H16BrFN2O4. The zero-order valence-electron chi connectivity index (χ0n) is 13.3. The quantitative estimate of drug-likeness (QED) is 0.413. The number of hydrogen-bond acceptors (Lipinski definition) is 5. The molecule has 0 aliphatic rings. The highest BCUT2D eigenvalue weighted by Gasteiger charge is 2.14. The lowest BCUT2D eigenvalue weighted by molar-refractivity contribution is -0.118. The van der Waals surface area contributed by atoms with E-state index in [0.29, 0.717) is 33.8 Å². The summed E-state index contributed by atoms with van der Waals surface area (Å²) in [7, 11) is 0. The molecule has 2 rings (SSSR count). The topological polar surface area (TPSA) is 80.2 Å². The Bertz CT molecular complexity index is 766. The molecule has 2 aromatic rings. The molecule has 0 fully saturated rings. The van der Waals surface area contributed by atoms with Gasteiger partial charge in [0.05, 0.1) is 17.3 Å². The lowest BCUT2D eigenvalue weighted by Crippen LogP contribution is -2.20. The van der Waals surface area contributed by atoms with Crippen molar-refractivity contribution in [2.24, 2.45) is 5.16 Å². The first kappa shape index (κ1) is 18.7. The molecule has 0 saturated heterocycles. The van der Waals surface area contributed by atoms with Gasteiger partial charge in [0.15, 0.2) is 18.1 Å². The highest BCUT2D eigenvalue weighted by molar-refractivity contribution is 9.10. The third kappa shape index (κ3) is 5.46. The first-order valence-electron chi connectivity index (χ1n) is 7.35. The van der Waals surface area contributed by atoms with Gasteiger partial charge in [-0.2, -0.15) is 0 Å². The average Bonchev–Trinajstić information content (AvgIpc) is 2.57. The Kier molecular flexibility index (Phi) is 6.76. The molecule has 2 aromatic carbocycles. The van der Waals surface area contributed by atoms with Crippen LogP contribution in [-0.2, 0) is 4.79 Å². The Morgan fingerprint density at radius 2 is 2.04 bits per heavy atom. The van der Waals surface area contributed by atoms with E-state index in [0.717, 1.165) is 0 Å². The van der Waals surface area contributed by atoms with Gasteiger partial charge in [-0.15, -0.1) is 0 Å². The van der Waals surface area contributed by atoms with Crippen LogP contribution < -0.4 is 14.8 Å². The van der Waals surface area contributed by atoms with Crippen molar-refractivity contribution >= 4 is 33.7 Å². The maximum atomic E-state index is 12.9. The van der Waals surface area contributed by atoms with Gasteiger partial charge in [0.25, 0.3) is 5.91 Å². The summed E-state index contributed by atoms with van der Waals surface area (Å²) in [6.45, 7) is 1.94. The molecule has 1 amide bonds. The summed E-state index contributed by atoms with van der Waals surface area (Å²) in [6, 6.07) is 8.70. The number of oxime groups is 1. The normalized spacial score (nSPS) is 10.7. The molecule has 0 unspecified atom stereocenters. The lowest BCUT2D eigenvalue weighted by Gasteiger charge is -2.14. The monoisotopic (exact) mass is 410 g/mol. The number of rotatable bonds is 7. The van der Waals surface area contributed by atoms with Gasteiger partial charge >= 0.3 is 0 Å². The second-order valence-corrected chi connectivity index (χ2v) is 5.71. The van der Waals surface area contributed by atoms with Crippen molar-refractivity contribution < 1.29 is 23.9 Å². The Labute approximate surface area is 152 Å². The Morgan fingerprint density at radius 1 is 1.32 bits per heavy atom. The van der Waals surface area contributed by atoms with Crippen molar-refractivity contribution in [1.29, 1.82) is 0 Å². The molecule has 0 heterocycles. The molecule has 0 aromatic heterocycles. The first-order chi connectivity index (χ1) is 12.0. The smallest absolute Gasteiger partial charge is 0.262 e. The summed E-state index contributed by atoms with van der Waals surface area (Å²) in [5, 5.41) is 14.2. The fourth-order valence-corrected chi connectivity index (χ4v) is 2.57. The van der Waals surface area contributed by atoms with Crippen molar-refractivity contribution in [1.82, 2.24) is 0 Å². The Hall–Kier alpha value is -2.61. The summed E-state index contributed by atoms with van der Waals surface area (Å²) in [6.07, 6.45) is 1.25. The van der Waals surface area contributed by atoms with Gasteiger partial charge in [0.2, 0.25) is 0 Å². The van der Waals surface area contributed by atoms with Crippen molar-refractivity contribution in [3.05, 3.63) is 52.3 Å². The summed E-state index contributed by atoms with van der Waals surface area (Å²) in [4.78, 5) is 12.0. The van der Waals surface area contributed by atoms with Gasteiger partial charge in [-0.1, -0.05) is 5.16 Å². The van der Waals surface area contributed by atoms with E-state index in [1.54, 1.807) is 12.1 Å². The zero-order chi connectivity index (χ0) is 18.2. The second-order valence-electron chi connectivity index (χ2n) is 4.85. The Balaban J connectivity index is 2.08. The third-order valence-corrected chi connectivity index (χ3v) is 3.60. The van der Waals surface area contributed by atoms with Crippen LogP contribution in [0.15, 0.2) is 46.0 Å². The maximum Gasteiger partial charge on any atom is 0.262 e. The van der Waals surface area contributed by atoms with Crippen molar-refractivity contribution in [2.45, 2.75) is 6.92 Å². The van der Waals surface area contributed by atoms with Crippen LogP contribution in [0.5, 0.6) is 11.5 Å². The molecular weight excluding hydrogens is 395 g/mol. The van der Waals surface area contributed by atoms with E-state index < -0.39 is 5.91 Å². The van der Waals surface area contributed by atoms with E-state index >= 15 is 0 Å². The number of carbonyl (C=O) groups is 1. The van der Waals surface area contributed by atoms with Gasteiger partial charge in [-0.05, 0) is 59.3 Å². The highest BCUT2D eigenvalue weighted by Crippen LogP contribution is 2.36. The molecule has 0 aliphatic carbocycles. The molecule has 132 valence electrons. The number of amides is 1. The second kappa shape index (κ2) is 9.03. The van der Waals surface area contributed by atoms with Gasteiger partial charge in [-0.3, -0.25) is 4.79 Å². The molecule has 0 bridgehead atoms. The summed E-state index contributed by atoms with van der Waals surface area (Å²) in [5.41, 5.74) is 1.06. The minimum atomic E-state index is -0.401. The van der Waals surface area contributed by atoms with Crippen LogP contribution in [0.4, 0.5) is 10.1 Å². The predicted octanol–water partition coefficient (Wildman–Crippen LogP) is 3.81. The van der Waals surface area contributed by atoms with Crippen LogP contribution in [0.1, 0.15) is 12.5 Å². The van der Waals surface area contributed by atoms with Crippen LogP contribution in [0.3, 0.4) is 0 Å². The van der Waals surface area contributed by atoms with E-state index in [1.807, 2.05) is 6.92 Å². The average molecular weight is 411 g/mol. The molecule has 25 heavy (non-hydrogen) atoms. The number of ether oxygens (including phenoxy) is 2. The number of anilines is 1. The lowest BCUT2D eigenvalue weighted by atomic mass is 10.2. The van der Waals surface area contributed by atoms with Gasteiger partial charge in [0, 0.05) is 11.3 Å². The minimum Gasteiger partial charge on any atom is -0.490 e. The molecule has 2 N–H and O–H groups in total. The number of carbonyl (C=O) groups excluding carboxylic acids is 1. The molecule has 0 atom stereocenters. The van der Waals surface area contributed by atoms with Gasteiger partial charge in [-0.25, -0.2) is 4.39 Å². The van der Waals surface area contributed by atoms with Crippen LogP contribution >= 0.6 is 15.9 Å². The highest BCUT2D eigenvalue weighted by atomic mass is 79.9. The predicted molar refractivity (Wildman–Crippen MR) is 95.2 cm³/mol. The van der Waals surface area contributed by atoms with E-state index in [4.69, 9.17) is 14.7 Å². The SMILES string of the molecule is CCOc1cc(/C=N/O)cc(Br)c1OCC(=O)Nc1ccc(F)cc1. The Morgan fingerprint density at radius 3 is 2.68 bits per heavy atom. The number of hydrogen-bond donors (Lipinski definition) is 2. The van der Waals surface area contributed by atoms with Gasteiger partial charge in [0.1, 0.15) is 5.82 Å². The number of nitrogens with one attached hydrogen (secondary N) is 1. The molecule has 0 radical (unpaired) electrons. The minimum absolute atomic E-state index is 0.260.